The Morgan fingerprint density at radius 2 is 2.15 bits per heavy atom. The van der Waals surface area contributed by atoms with E-state index in [2.05, 4.69) is 11.6 Å². The first-order valence-electron chi connectivity index (χ1n) is 6.63. The van der Waals surface area contributed by atoms with E-state index < -0.39 is 16.0 Å². The molecule has 7 heteroatoms. The molecular weight excluding hydrogens is 298 g/mol. The molecule has 0 amide bonds. The van der Waals surface area contributed by atoms with Crippen LogP contribution < -0.4 is 4.72 Å². The molecular formula is C13H19NO4S2. The zero-order valence-electron chi connectivity index (χ0n) is 11.6. The standard InChI is InChI=1S/C13H19NO4S2/c1-3-13(5-4-6-13)8-14-20(17,18)11-7-10(12(15)16)19-9(11)2/h7,14H,3-6,8H2,1-2H3,(H,15,16). The molecule has 0 spiro atoms. The Kier molecular flexibility index (Phi) is 4.22. The molecule has 0 aliphatic heterocycles. The van der Waals surface area contributed by atoms with Gasteiger partial charge in [-0.2, -0.15) is 0 Å². The van der Waals surface area contributed by atoms with Crippen molar-refractivity contribution < 1.29 is 18.3 Å². The Labute approximate surface area is 123 Å². The molecule has 1 aliphatic carbocycles. The average Bonchev–Trinajstić information content (AvgIpc) is 2.71. The number of carboxylic acids is 1. The first-order chi connectivity index (χ1) is 9.30. The summed E-state index contributed by atoms with van der Waals surface area (Å²) < 4.78 is 27.2. The largest absolute Gasteiger partial charge is 0.477 e. The molecule has 20 heavy (non-hydrogen) atoms. The molecule has 1 aromatic rings. The maximum Gasteiger partial charge on any atom is 0.345 e. The van der Waals surface area contributed by atoms with Crippen LogP contribution in [0.15, 0.2) is 11.0 Å². The van der Waals surface area contributed by atoms with Crippen molar-refractivity contribution in [2.24, 2.45) is 5.41 Å². The minimum atomic E-state index is -3.63. The Hall–Kier alpha value is -0.920. The van der Waals surface area contributed by atoms with Gasteiger partial charge >= 0.3 is 5.97 Å². The van der Waals surface area contributed by atoms with Crippen molar-refractivity contribution in [3.8, 4) is 0 Å². The number of aromatic carboxylic acids is 1. The van der Waals surface area contributed by atoms with E-state index in [9.17, 15) is 13.2 Å². The molecule has 1 heterocycles. The molecule has 0 unspecified atom stereocenters. The van der Waals surface area contributed by atoms with Gasteiger partial charge in [-0.15, -0.1) is 11.3 Å². The summed E-state index contributed by atoms with van der Waals surface area (Å²) in [7, 11) is -3.63. The predicted octanol–water partition coefficient (Wildman–Crippen LogP) is 2.61. The second-order valence-electron chi connectivity index (χ2n) is 5.37. The summed E-state index contributed by atoms with van der Waals surface area (Å²) in [6, 6.07) is 1.24. The second kappa shape index (κ2) is 5.46. The predicted molar refractivity (Wildman–Crippen MR) is 77.8 cm³/mol. The van der Waals surface area contributed by atoms with E-state index in [-0.39, 0.29) is 15.2 Å². The molecule has 112 valence electrons. The monoisotopic (exact) mass is 317 g/mol. The van der Waals surface area contributed by atoms with Crippen molar-refractivity contribution in [3.05, 3.63) is 15.8 Å². The van der Waals surface area contributed by atoms with Crippen LogP contribution in [0.1, 0.15) is 47.2 Å². The van der Waals surface area contributed by atoms with Crippen LogP contribution in [0.25, 0.3) is 0 Å². The Bertz CT molecular complexity index is 609. The first kappa shape index (κ1) is 15.5. The van der Waals surface area contributed by atoms with Crippen molar-refractivity contribution >= 4 is 27.3 Å². The molecule has 0 radical (unpaired) electrons. The lowest BCUT2D eigenvalue weighted by molar-refractivity contribution is 0.0702. The zero-order chi connectivity index (χ0) is 15.0. The number of hydrogen-bond acceptors (Lipinski definition) is 4. The van der Waals surface area contributed by atoms with Crippen LogP contribution in [0, 0.1) is 12.3 Å². The normalized spacial score (nSPS) is 17.7. The Balaban J connectivity index is 2.16. The van der Waals surface area contributed by atoms with E-state index in [1.807, 2.05) is 0 Å². The minimum absolute atomic E-state index is 0.0525. The first-order valence-corrected chi connectivity index (χ1v) is 8.93. The topological polar surface area (TPSA) is 83.5 Å². The lowest BCUT2D eigenvalue weighted by Gasteiger charge is -2.41. The molecule has 0 saturated heterocycles. The molecule has 0 aromatic carbocycles. The van der Waals surface area contributed by atoms with Gasteiger partial charge in [0.1, 0.15) is 4.88 Å². The third kappa shape index (κ3) is 2.89. The van der Waals surface area contributed by atoms with Gasteiger partial charge in [0.05, 0.1) is 4.90 Å². The van der Waals surface area contributed by atoms with Gasteiger partial charge in [0.2, 0.25) is 10.0 Å². The van der Waals surface area contributed by atoms with Gasteiger partial charge < -0.3 is 5.11 Å². The Morgan fingerprint density at radius 3 is 2.55 bits per heavy atom. The highest BCUT2D eigenvalue weighted by atomic mass is 32.2. The smallest absolute Gasteiger partial charge is 0.345 e. The highest BCUT2D eigenvalue weighted by Crippen LogP contribution is 2.43. The molecule has 1 aliphatic rings. The summed E-state index contributed by atoms with van der Waals surface area (Å²) in [6.07, 6.45) is 4.21. The van der Waals surface area contributed by atoms with Crippen LogP contribution in [0.4, 0.5) is 0 Å². The quantitative estimate of drug-likeness (QED) is 0.845. The van der Waals surface area contributed by atoms with Gasteiger partial charge in [-0.05, 0) is 37.7 Å². The van der Waals surface area contributed by atoms with Crippen molar-refractivity contribution in [2.75, 3.05) is 6.54 Å². The van der Waals surface area contributed by atoms with Crippen molar-refractivity contribution in [3.63, 3.8) is 0 Å². The molecule has 1 fully saturated rings. The van der Waals surface area contributed by atoms with Gasteiger partial charge in [-0.3, -0.25) is 0 Å². The molecule has 0 atom stereocenters. The van der Waals surface area contributed by atoms with Crippen LogP contribution in [-0.4, -0.2) is 26.0 Å². The van der Waals surface area contributed by atoms with Crippen LogP contribution in [0.5, 0.6) is 0 Å². The van der Waals surface area contributed by atoms with Gasteiger partial charge in [-0.1, -0.05) is 13.3 Å². The fourth-order valence-electron chi connectivity index (χ4n) is 2.50. The summed E-state index contributed by atoms with van der Waals surface area (Å²) in [5, 5.41) is 8.93. The van der Waals surface area contributed by atoms with Gasteiger partial charge in [0.15, 0.2) is 0 Å². The SMILES string of the molecule is CCC1(CNS(=O)(=O)c2cc(C(=O)O)sc2C)CCC1. The number of aryl methyl sites for hydroxylation is 1. The molecule has 2 rings (SSSR count). The molecule has 1 aromatic heterocycles. The van der Waals surface area contributed by atoms with Crippen LogP contribution in [-0.2, 0) is 10.0 Å². The third-order valence-corrected chi connectivity index (χ3v) is 6.87. The number of carbonyl (C=O) groups is 1. The van der Waals surface area contributed by atoms with Crippen molar-refractivity contribution in [1.29, 1.82) is 0 Å². The molecule has 1 saturated carbocycles. The van der Waals surface area contributed by atoms with E-state index in [1.165, 1.54) is 6.07 Å². The number of hydrogen-bond donors (Lipinski definition) is 2. The summed E-state index contributed by atoms with van der Waals surface area (Å²) in [5.41, 5.74) is 0.0899. The second-order valence-corrected chi connectivity index (χ2v) is 8.36. The van der Waals surface area contributed by atoms with E-state index >= 15 is 0 Å². The maximum absolute atomic E-state index is 12.3. The molecule has 2 N–H and O–H groups in total. The number of carboxylic acid groups (broad SMARTS) is 1. The maximum atomic E-state index is 12.3. The van der Waals surface area contributed by atoms with Crippen LogP contribution >= 0.6 is 11.3 Å². The Morgan fingerprint density at radius 1 is 1.50 bits per heavy atom. The fourth-order valence-corrected chi connectivity index (χ4v) is 5.08. The lowest BCUT2D eigenvalue weighted by atomic mass is 9.67. The highest BCUT2D eigenvalue weighted by Gasteiger charge is 2.36. The highest BCUT2D eigenvalue weighted by molar-refractivity contribution is 7.89. The fraction of sp³-hybridized carbons (Fsp3) is 0.615. The summed E-state index contributed by atoms with van der Waals surface area (Å²) >= 11 is 0.989. The summed E-state index contributed by atoms with van der Waals surface area (Å²) in [5.74, 6) is -1.09. The van der Waals surface area contributed by atoms with Gasteiger partial charge in [-0.25, -0.2) is 17.9 Å². The lowest BCUT2D eigenvalue weighted by Crippen LogP contribution is -2.41. The van der Waals surface area contributed by atoms with Gasteiger partial charge in [0, 0.05) is 11.4 Å². The van der Waals surface area contributed by atoms with E-state index in [1.54, 1.807) is 6.92 Å². The van der Waals surface area contributed by atoms with Gasteiger partial charge in [0.25, 0.3) is 0 Å². The summed E-state index contributed by atoms with van der Waals surface area (Å²) in [4.78, 5) is 11.6. The molecule has 5 nitrogen and oxygen atoms in total. The van der Waals surface area contributed by atoms with E-state index in [0.29, 0.717) is 11.4 Å². The number of rotatable bonds is 6. The van der Waals surface area contributed by atoms with Crippen molar-refractivity contribution in [1.82, 2.24) is 4.72 Å². The van der Waals surface area contributed by atoms with Crippen molar-refractivity contribution in [2.45, 2.75) is 44.4 Å². The van der Waals surface area contributed by atoms with E-state index in [4.69, 9.17) is 5.11 Å². The third-order valence-electron chi connectivity index (χ3n) is 4.17. The number of nitrogens with one attached hydrogen (secondary N) is 1. The minimum Gasteiger partial charge on any atom is -0.477 e. The average molecular weight is 317 g/mol. The number of thiophene rings is 1. The molecule has 0 bridgehead atoms. The van der Waals surface area contributed by atoms with E-state index in [0.717, 1.165) is 37.0 Å². The number of sulfonamides is 1. The van der Waals surface area contributed by atoms with Crippen LogP contribution in [0.2, 0.25) is 0 Å². The van der Waals surface area contributed by atoms with Crippen LogP contribution in [0.3, 0.4) is 0 Å². The zero-order valence-corrected chi connectivity index (χ0v) is 13.2. The summed E-state index contributed by atoms with van der Waals surface area (Å²) in [6.45, 7) is 4.14.